The number of nitrogens with zero attached hydrogens (tertiary/aromatic N) is 1. The van der Waals surface area contributed by atoms with E-state index < -0.39 is 0 Å². The van der Waals surface area contributed by atoms with E-state index in [9.17, 15) is 0 Å². The van der Waals surface area contributed by atoms with Crippen molar-refractivity contribution < 1.29 is 0 Å². The van der Waals surface area contributed by atoms with Gasteiger partial charge in [0, 0.05) is 19.5 Å². The van der Waals surface area contributed by atoms with Crippen LogP contribution in [0, 0.1) is 5.41 Å². The lowest BCUT2D eigenvalue weighted by molar-refractivity contribution is 0.429. The quantitative estimate of drug-likeness (QED) is 0.660. The highest BCUT2D eigenvalue weighted by Gasteiger charge is 2.15. The minimum atomic E-state index is 0.870. The van der Waals surface area contributed by atoms with Gasteiger partial charge in [-0.3, -0.25) is 5.41 Å². The molecule has 0 aromatic carbocycles. The van der Waals surface area contributed by atoms with Crippen LogP contribution in [0.5, 0.6) is 0 Å². The van der Waals surface area contributed by atoms with Crippen molar-refractivity contribution in [3.8, 4) is 0 Å². The maximum Gasteiger partial charge on any atom is 0.0958 e. The van der Waals surface area contributed by atoms with Crippen molar-refractivity contribution in [1.29, 1.82) is 5.41 Å². The van der Waals surface area contributed by atoms with E-state index in [-0.39, 0.29) is 0 Å². The fourth-order valence-electron chi connectivity index (χ4n) is 1.88. The number of amidine groups is 1. The van der Waals surface area contributed by atoms with Gasteiger partial charge in [0.1, 0.15) is 0 Å². The lowest BCUT2D eigenvalue weighted by atomic mass is 10.2. The van der Waals surface area contributed by atoms with Gasteiger partial charge in [-0.25, -0.2) is 0 Å². The van der Waals surface area contributed by atoms with Crippen molar-refractivity contribution in [3.05, 3.63) is 0 Å². The summed E-state index contributed by atoms with van der Waals surface area (Å²) in [6.45, 7) is 2.25. The zero-order valence-corrected chi connectivity index (χ0v) is 10.0. The molecule has 0 unspecified atom stereocenters. The Labute approximate surface area is 92.0 Å². The number of hydrogen-bond acceptors (Lipinski definition) is 2. The first-order valence-corrected chi connectivity index (χ1v) is 7.05. The number of thioether (sulfide) groups is 1. The average molecular weight is 214 g/mol. The molecule has 1 N–H and O–H groups in total. The summed E-state index contributed by atoms with van der Waals surface area (Å²) in [4.78, 5) is 2.24. The van der Waals surface area contributed by atoms with Gasteiger partial charge in [0.2, 0.25) is 0 Å². The Balaban J connectivity index is 1.90. The van der Waals surface area contributed by atoms with Crippen LogP contribution in [0.3, 0.4) is 0 Å². The molecular weight excluding hydrogens is 192 g/mol. The SMILES string of the molecule is CSCCCCCCN1CCCC1=N. The highest BCUT2D eigenvalue weighted by molar-refractivity contribution is 7.98. The summed E-state index contributed by atoms with van der Waals surface area (Å²) in [7, 11) is 0. The van der Waals surface area contributed by atoms with Crippen LogP contribution >= 0.6 is 11.8 Å². The van der Waals surface area contributed by atoms with Crippen molar-refractivity contribution in [2.45, 2.75) is 38.5 Å². The molecule has 1 aliphatic heterocycles. The second-order valence-electron chi connectivity index (χ2n) is 3.94. The van der Waals surface area contributed by atoms with Crippen molar-refractivity contribution in [3.63, 3.8) is 0 Å². The normalized spacial score (nSPS) is 16.6. The second-order valence-corrected chi connectivity index (χ2v) is 4.93. The minimum Gasteiger partial charge on any atom is -0.361 e. The van der Waals surface area contributed by atoms with Gasteiger partial charge in [0.15, 0.2) is 0 Å². The Morgan fingerprint density at radius 1 is 1.29 bits per heavy atom. The van der Waals surface area contributed by atoms with Crippen molar-refractivity contribution in [1.82, 2.24) is 4.90 Å². The summed E-state index contributed by atoms with van der Waals surface area (Å²) < 4.78 is 0. The summed E-state index contributed by atoms with van der Waals surface area (Å²) in [6, 6.07) is 0. The summed E-state index contributed by atoms with van der Waals surface area (Å²) >= 11 is 1.94. The molecular formula is C11H22N2S. The molecule has 0 radical (unpaired) electrons. The molecule has 1 aliphatic rings. The number of nitrogens with one attached hydrogen (secondary N) is 1. The first kappa shape index (κ1) is 11.9. The van der Waals surface area contributed by atoms with Crippen molar-refractivity contribution in [2.24, 2.45) is 0 Å². The summed E-state index contributed by atoms with van der Waals surface area (Å²) in [6.07, 6.45) is 9.71. The second kappa shape index (κ2) is 7.16. The third-order valence-corrected chi connectivity index (χ3v) is 3.45. The molecule has 1 heterocycles. The molecule has 1 saturated heterocycles. The molecule has 3 heteroatoms. The van der Waals surface area contributed by atoms with Crippen LogP contribution in [0.25, 0.3) is 0 Å². The Kier molecular flexibility index (Phi) is 6.08. The van der Waals surface area contributed by atoms with E-state index >= 15 is 0 Å². The predicted molar refractivity (Wildman–Crippen MR) is 65.4 cm³/mol. The zero-order chi connectivity index (χ0) is 10.2. The van der Waals surface area contributed by atoms with E-state index in [0.717, 1.165) is 25.3 Å². The third-order valence-electron chi connectivity index (χ3n) is 2.75. The van der Waals surface area contributed by atoms with E-state index in [1.165, 1.54) is 37.9 Å². The highest BCUT2D eigenvalue weighted by Crippen LogP contribution is 2.12. The molecule has 2 nitrogen and oxygen atoms in total. The average Bonchev–Trinajstić information content (AvgIpc) is 2.58. The molecule has 0 amide bonds. The van der Waals surface area contributed by atoms with Gasteiger partial charge in [-0.2, -0.15) is 11.8 Å². The van der Waals surface area contributed by atoms with Crippen LogP contribution in [-0.2, 0) is 0 Å². The number of unbranched alkanes of at least 4 members (excludes halogenated alkanes) is 3. The summed E-state index contributed by atoms with van der Waals surface area (Å²) in [5, 5.41) is 7.67. The Morgan fingerprint density at radius 2 is 2.07 bits per heavy atom. The summed E-state index contributed by atoms with van der Waals surface area (Å²) in [5.41, 5.74) is 0. The van der Waals surface area contributed by atoms with Crippen molar-refractivity contribution in [2.75, 3.05) is 25.1 Å². The first-order valence-electron chi connectivity index (χ1n) is 5.66. The van der Waals surface area contributed by atoms with Gasteiger partial charge in [0.25, 0.3) is 0 Å². The molecule has 82 valence electrons. The monoisotopic (exact) mass is 214 g/mol. The molecule has 0 bridgehead atoms. The fraction of sp³-hybridized carbons (Fsp3) is 0.909. The van der Waals surface area contributed by atoms with Crippen molar-refractivity contribution >= 4 is 17.6 Å². The molecule has 0 aliphatic carbocycles. The molecule has 0 aromatic heterocycles. The van der Waals surface area contributed by atoms with Gasteiger partial charge in [-0.1, -0.05) is 12.8 Å². The maximum atomic E-state index is 7.67. The Bertz CT molecular complexity index is 171. The Hall–Kier alpha value is -0.180. The maximum absolute atomic E-state index is 7.67. The molecule has 1 fully saturated rings. The van der Waals surface area contributed by atoms with E-state index in [2.05, 4.69) is 11.2 Å². The van der Waals surface area contributed by atoms with Gasteiger partial charge in [0.05, 0.1) is 5.84 Å². The fourth-order valence-corrected chi connectivity index (χ4v) is 2.37. The minimum absolute atomic E-state index is 0.870. The van der Waals surface area contributed by atoms with Gasteiger partial charge in [-0.15, -0.1) is 0 Å². The van der Waals surface area contributed by atoms with Gasteiger partial charge < -0.3 is 4.90 Å². The van der Waals surface area contributed by atoms with E-state index in [1.54, 1.807) is 0 Å². The molecule has 0 spiro atoms. The lowest BCUT2D eigenvalue weighted by Crippen LogP contribution is -2.25. The predicted octanol–water partition coefficient (Wildman–Crippen LogP) is 2.98. The van der Waals surface area contributed by atoms with Crippen LogP contribution in [0.4, 0.5) is 0 Å². The topological polar surface area (TPSA) is 27.1 Å². The summed E-state index contributed by atoms with van der Waals surface area (Å²) in [5.74, 6) is 2.17. The standard InChI is InChI=1S/C11H22N2S/c1-14-10-5-3-2-4-8-13-9-6-7-11(13)12/h12H,2-10H2,1H3. The number of rotatable bonds is 7. The van der Waals surface area contributed by atoms with Crippen LogP contribution in [0.1, 0.15) is 38.5 Å². The lowest BCUT2D eigenvalue weighted by Gasteiger charge is -2.17. The van der Waals surface area contributed by atoms with Gasteiger partial charge >= 0.3 is 0 Å². The molecule has 0 atom stereocenters. The first-order chi connectivity index (χ1) is 6.84. The highest BCUT2D eigenvalue weighted by atomic mass is 32.2. The number of likely N-dealkylation sites (tertiary alicyclic amines) is 1. The van der Waals surface area contributed by atoms with Gasteiger partial charge in [-0.05, 0) is 31.3 Å². The molecule has 1 rings (SSSR count). The molecule has 0 aromatic rings. The molecule has 14 heavy (non-hydrogen) atoms. The van der Waals surface area contributed by atoms with Crippen LogP contribution in [-0.4, -0.2) is 35.8 Å². The number of hydrogen-bond donors (Lipinski definition) is 1. The van der Waals surface area contributed by atoms with E-state index in [0.29, 0.717) is 0 Å². The third kappa shape index (κ3) is 4.36. The van der Waals surface area contributed by atoms with E-state index in [4.69, 9.17) is 5.41 Å². The Morgan fingerprint density at radius 3 is 2.71 bits per heavy atom. The van der Waals surface area contributed by atoms with Crippen LogP contribution < -0.4 is 0 Å². The zero-order valence-electron chi connectivity index (χ0n) is 9.22. The van der Waals surface area contributed by atoms with Crippen LogP contribution in [0.2, 0.25) is 0 Å². The van der Waals surface area contributed by atoms with Crippen LogP contribution in [0.15, 0.2) is 0 Å². The van der Waals surface area contributed by atoms with E-state index in [1.807, 2.05) is 11.8 Å². The largest absolute Gasteiger partial charge is 0.361 e. The smallest absolute Gasteiger partial charge is 0.0958 e. The molecule has 0 saturated carbocycles.